The number of hydrogen-bond acceptors (Lipinski definition) is 2. The van der Waals surface area contributed by atoms with Gasteiger partial charge in [0, 0.05) is 23.5 Å². The molecule has 0 unspecified atom stereocenters. The summed E-state index contributed by atoms with van der Waals surface area (Å²) in [4.78, 5) is 1.93. The van der Waals surface area contributed by atoms with Crippen LogP contribution in [0.25, 0.3) is 21.9 Å². The van der Waals surface area contributed by atoms with Gasteiger partial charge in [-0.05, 0) is 36.2 Å². The van der Waals surface area contributed by atoms with Gasteiger partial charge < -0.3 is 9.32 Å². The highest BCUT2D eigenvalue weighted by Crippen LogP contribution is 2.42. The van der Waals surface area contributed by atoms with Crippen LogP contribution in [0.3, 0.4) is 0 Å². The maximum Gasteiger partial charge on any atom is 0.420 e. The van der Waals surface area contributed by atoms with Crippen LogP contribution in [-0.4, -0.2) is 7.05 Å². The van der Waals surface area contributed by atoms with Crippen LogP contribution in [-0.2, 0) is 12.6 Å². The molecule has 138 valence electrons. The van der Waals surface area contributed by atoms with E-state index in [2.05, 4.69) is 6.92 Å². The number of nitrogens with zero attached hydrogens (tertiary/aromatic N) is 1. The average Bonchev–Trinajstić information content (AvgIpc) is 3.05. The van der Waals surface area contributed by atoms with Crippen LogP contribution in [0.1, 0.15) is 18.1 Å². The van der Waals surface area contributed by atoms with E-state index >= 15 is 0 Å². The SMILES string of the molecule is CCc1ccc(N(C)c2cccc3c2oc2c(C(F)(F)F)cccc23)cc1. The summed E-state index contributed by atoms with van der Waals surface area (Å²) in [6.45, 7) is 2.09. The first-order valence-corrected chi connectivity index (χ1v) is 8.74. The highest BCUT2D eigenvalue weighted by atomic mass is 19.4. The van der Waals surface area contributed by atoms with E-state index in [0.29, 0.717) is 16.4 Å². The van der Waals surface area contributed by atoms with Gasteiger partial charge >= 0.3 is 6.18 Å². The van der Waals surface area contributed by atoms with E-state index in [1.165, 1.54) is 11.6 Å². The normalized spacial score (nSPS) is 12.0. The minimum atomic E-state index is -4.46. The standard InChI is InChI=1S/C22H18F3NO/c1-3-14-10-12-15(13-11-14)26(2)19-9-5-7-17-16-6-4-8-18(22(23,24)25)20(16)27-21(17)19/h4-13H,3H2,1-2H3. The van der Waals surface area contributed by atoms with Crippen LogP contribution in [0.4, 0.5) is 24.5 Å². The number of fused-ring (bicyclic) bond motifs is 3. The molecule has 0 saturated carbocycles. The van der Waals surface area contributed by atoms with Crippen LogP contribution in [0.5, 0.6) is 0 Å². The van der Waals surface area contributed by atoms with Gasteiger partial charge in [0.25, 0.3) is 0 Å². The Kier molecular flexibility index (Phi) is 4.10. The highest BCUT2D eigenvalue weighted by Gasteiger charge is 2.34. The van der Waals surface area contributed by atoms with Crippen molar-refractivity contribution in [1.82, 2.24) is 0 Å². The summed E-state index contributed by atoms with van der Waals surface area (Å²) in [5, 5.41) is 1.14. The lowest BCUT2D eigenvalue weighted by Crippen LogP contribution is -2.09. The minimum absolute atomic E-state index is 0.123. The number of furan rings is 1. The smallest absolute Gasteiger partial charge is 0.420 e. The van der Waals surface area contributed by atoms with Crippen molar-refractivity contribution in [2.45, 2.75) is 19.5 Å². The summed E-state index contributed by atoms with van der Waals surface area (Å²) in [6.07, 6.45) is -3.52. The van der Waals surface area contributed by atoms with Crippen LogP contribution in [0.15, 0.2) is 65.1 Å². The van der Waals surface area contributed by atoms with Crippen molar-refractivity contribution in [2.24, 2.45) is 0 Å². The Balaban J connectivity index is 1.91. The maximum absolute atomic E-state index is 13.4. The molecule has 0 aliphatic carbocycles. The second-order valence-electron chi connectivity index (χ2n) is 6.51. The van der Waals surface area contributed by atoms with E-state index in [1.807, 2.05) is 48.3 Å². The summed E-state index contributed by atoms with van der Waals surface area (Å²) in [7, 11) is 1.88. The fraction of sp³-hybridized carbons (Fsp3) is 0.182. The first kappa shape index (κ1) is 17.5. The minimum Gasteiger partial charge on any atom is -0.453 e. The molecule has 0 spiro atoms. The van der Waals surface area contributed by atoms with Gasteiger partial charge in [0.1, 0.15) is 5.58 Å². The van der Waals surface area contributed by atoms with E-state index in [9.17, 15) is 13.2 Å². The van der Waals surface area contributed by atoms with Crippen molar-refractivity contribution < 1.29 is 17.6 Å². The summed E-state index contributed by atoms with van der Waals surface area (Å²) >= 11 is 0. The van der Waals surface area contributed by atoms with Crippen molar-refractivity contribution >= 4 is 33.3 Å². The third-order valence-electron chi connectivity index (χ3n) is 4.90. The molecule has 0 amide bonds. The summed E-state index contributed by atoms with van der Waals surface area (Å²) in [5.41, 5.74) is 2.46. The molecule has 0 saturated heterocycles. The molecule has 0 aliphatic rings. The second-order valence-corrected chi connectivity index (χ2v) is 6.51. The van der Waals surface area contributed by atoms with Crippen LogP contribution >= 0.6 is 0 Å². The van der Waals surface area contributed by atoms with E-state index in [1.54, 1.807) is 12.1 Å². The van der Waals surface area contributed by atoms with E-state index in [4.69, 9.17) is 4.42 Å². The summed E-state index contributed by atoms with van der Waals surface area (Å²) in [5.74, 6) is 0. The molecule has 3 aromatic carbocycles. The Morgan fingerprint density at radius 3 is 2.11 bits per heavy atom. The van der Waals surface area contributed by atoms with Gasteiger partial charge in [-0.3, -0.25) is 0 Å². The predicted octanol–water partition coefficient (Wildman–Crippen LogP) is 6.94. The van der Waals surface area contributed by atoms with Gasteiger partial charge in [-0.1, -0.05) is 43.3 Å². The van der Waals surface area contributed by atoms with E-state index < -0.39 is 11.7 Å². The van der Waals surface area contributed by atoms with Crippen LogP contribution < -0.4 is 4.90 Å². The fourth-order valence-corrected chi connectivity index (χ4v) is 3.39. The van der Waals surface area contributed by atoms with Crippen molar-refractivity contribution in [1.29, 1.82) is 0 Å². The second kappa shape index (κ2) is 6.34. The quantitative estimate of drug-likeness (QED) is 0.389. The predicted molar refractivity (Wildman–Crippen MR) is 103 cm³/mol. The first-order chi connectivity index (χ1) is 12.9. The zero-order valence-electron chi connectivity index (χ0n) is 15.0. The number of aryl methyl sites for hydroxylation is 1. The zero-order valence-corrected chi connectivity index (χ0v) is 15.0. The molecule has 0 bridgehead atoms. The zero-order chi connectivity index (χ0) is 19.2. The molecule has 0 N–H and O–H groups in total. The Hall–Kier alpha value is -2.95. The Bertz CT molecular complexity index is 1110. The Morgan fingerprint density at radius 2 is 1.48 bits per heavy atom. The number of para-hydroxylation sites is 2. The van der Waals surface area contributed by atoms with Crippen LogP contribution in [0, 0.1) is 0 Å². The molecule has 4 rings (SSSR count). The molecule has 0 aliphatic heterocycles. The Morgan fingerprint density at radius 1 is 0.852 bits per heavy atom. The molecular formula is C22H18F3NO. The lowest BCUT2D eigenvalue weighted by atomic mass is 10.1. The Labute approximate surface area is 154 Å². The molecule has 0 fully saturated rings. The van der Waals surface area contributed by atoms with Gasteiger partial charge in [0.05, 0.1) is 11.3 Å². The number of rotatable bonds is 3. The molecule has 1 aromatic heterocycles. The first-order valence-electron chi connectivity index (χ1n) is 8.74. The molecule has 1 heterocycles. The largest absolute Gasteiger partial charge is 0.453 e. The van der Waals surface area contributed by atoms with E-state index in [-0.39, 0.29) is 5.58 Å². The molecule has 5 heteroatoms. The van der Waals surface area contributed by atoms with Gasteiger partial charge in [0.15, 0.2) is 5.58 Å². The maximum atomic E-state index is 13.4. The summed E-state index contributed by atoms with van der Waals surface area (Å²) < 4.78 is 45.9. The number of halogens is 3. The lowest BCUT2D eigenvalue weighted by Gasteiger charge is -2.20. The van der Waals surface area contributed by atoms with Crippen molar-refractivity contribution in [3.8, 4) is 0 Å². The fourth-order valence-electron chi connectivity index (χ4n) is 3.39. The number of alkyl halides is 3. The number of anilines is 2. The monoisotopic (exact) mass is 369 g/mol. The lowest BCUT2D eigenvalue weighted by molar-refractivity contribution is -0.136. The van der Waals surface area contributed by atoms with Crippen molar-refractivity contribution in [2.75, 3.05) is 11.9 Å². The van der Waals surface area contributed by atoms with Crippen LogP contribution in [0.2, 0.25) is 0 Å². The molecule has 0 radical (unpaired) electrons. The third-order valence-corrected chi connectivity index (χ3v) is 4.90. The molecule has 2 nitrogen and oxygen atoms in total. The number of benzene rings is 3. The van der Waals surface area contributed by atoms with Gasteiger partial charge in [-0.25, -0.2) is 0 Å². The van der Waals surface area contributed by atoms with E-state index in [0.717, 1.165) is 23.9 Å². The summed E-state index contributed by atoms with van der Waals surface area (Å²) in [6, 6.07) is 17.7. The molecule has 4 aromatic rings. The topological polar surface area (TPSA) is 16.4 Å². The highest BCUT2D eigenvalue weighted by molar-refractivity contribution is 6.10. The molecule has 0 atom stereocenters. The third kappa shape index (κ3) is 2.93. The van der Waals surface area contributed by atoms with Crippen molar-refractivity contribution in [3.05, 3.63) is 71.8 Å². The number of hydrogen-bond donors (Lipinski definition) is 0. The van der Waals surface area contributed by atoms with Gasteiger partial charge in [-0.15, -0.1) is 0 Å². The van der Waals surface area contributed by atoms with Gasteiger partial charge in [0.2, 0.25) is 0 Å². The molecular weight excluding hydrogens is 351 g/mol. The van der Waals surface area contributed by atoms with Crippen molar-refractivity contribution in [3.63, 3.8) is 0 Å². The molecule has 27 heavy (non-hydrogen) atoms. The van der Waals surface area contributed by atoms with Gasteiger partial charge in [-0.2, -0.15) is 13.2 Å². The average molecular weight is 369 g/mol.